The summed E-state index contributed by atoms with van der Waals surface area (Å²) in [4.78, 5) is 36.8. The molecular weight excluding hydrogens is 332 g/mol. The normalized spacial score (nSPS) is 56.1. The second-order valence-electron chi connectivity index (χ2n) is 8.37. The van der Waals surface area contributed by atoms with Gasteiger partial charge in [-0.15, -0.1) is 0 Å². The number of rotatable bonds is 1. The maximum atomic E-state index is 12.7. The lowest BCUT2D eigenvalue weighted by molar-refractivity contribution is -0.221. The largest absolute Gasteiger partial charge is 0.460 e. The highest BCUT2D eigenvalue weighted by Crippen LogP contribution is 2.80. The number of aliphatic hydroxyl groups excluding tert-OH is 1. The zero-order chi connectivity index (χ0) is 18.6. The van der Waals surface area contributed by atoms with E-state index in [1.54, 1.807) is 13.8 Å². The first kappa shape index (κ1) is 16.8. The molecule has 4 rings (SSSR count). The van der Waals surface area contributed by atoms with Crippen LogP contribution in [0.2, 0.25) is 0 Å². The van der Waals surface area contributed by atoms with Gasteiger partial charge in [-0.25, -0.2) is 0 Å². The molecule has 7 atom stereocenters. The number of esters is 3. The third-order valence-corrected chi connectivity index (χ3v) is 7.74. The predicted octanol–water partition coefficient (Wildman–Crippen LogP) is 0.0364. The highest BCUT2D eigenvalue weighted by molar-refractivity contribution is 5.86. The number of hydrogen-bond acceptors (Lipinski definition) is 8. The van der Waals surface area contributed by atoms with Crippen LogP contribution in [0, 0.1) is 16.2 Å². The highest BCUT2D eigenvalue weighted by Gasteiger charge is 2.94. The smallest absolute Gasteiger partial charge is 0.318 e. The molecule has 0 radical (unpaired) electrons. The van der Waals surface area contributed by atoms with E-state index in [0.717, 1.165) is 0 Å². The quantitative estimate of drug-likeness (QED) is 0.500. The SMILES string of the molecule is CC(=O)O[C@@H]1[C@]23CC(=O)O[C@@]2(C)CC[C@]3(O)[C@]2(C)[C@@H](O)OC(=O)[C@]12C. The van der Waals surface area contributed by atoms with E-state index < -0.39 is 57.7 Å². The zero-order valence-electron chi connectivity index (χ0n) is 14.6. The number of carbonyl (C=O) groups is 3. The van der Waals surface area contributed by atoms with Crippen molar-refractivity contribution in [2.45, 2.75) is 70.6 Å². The molecule has 0 aromatic rings. The van der Waals surface area contributed by atoms with E-state index in [0.29, 0.717) is 6.42 Å². The van der Waals surface area contributed by atoms with Crippen molar-refractivity contribution >= 4 is 17.9 Å². The second-order valence-corrected chi connectivity index (χ2v) is 8.37. The number of fused-ring (bicyclic) bond motifs is 2. The molecule has 2 saturated heterocycles. The number of aliphatic hydroxyl groups is 2. The van der Waals surface area contributed by atoms with Crippen molar-refractivity contribution in [1.82, 2.24) is 0 Å². The Bertz CT molecular complexity index is 719. The number of cyclic esters (lactones) is 1. The average molecular weight is 354 g/mol. The van der Waals surface area contributed by atoms with E-state index in [9.17, 15) is 24.6 Å². The summed E-state index contributed by atoms with van der Waals surface area (Å²) in [7, 11) is 0. The van der Waals surface area contributed by atoms with Crippen molar-refractivity contribution in [3.05, 3.63) is 0 Å². The molecule has 8 heteroatoms. The van der Waals surface area contributed by atoms with Gasteiger partial charge < -0.3 is 24.4 Å². The van der Waals surface area contributed by atoms with Gasteiger partial charge in [-0.3, -0.25) is 14.4 Å². The fourth-order valence-electron chi connectivity index (χ4n) is 6.30. The van der Waals surface area contributed by atoms with Gasteiger partial charge in [-0.05, 0) is 33.6 Å². The first-order chi connectivity index (χ1) is 11.4. The standard InChI is InChI=1S/C17H22O8/c1-8(18)23-10-14(3)11(20)24-12(21)15(14,4)17(22)6-5-13(2)16(10,17)7-9(19)25-13/h10,12,21-22H,5-7H2,1-4H3/t10-,12-,13-,14-,15+,16+,17-/m0/s1. The van der Waals surface area contributed by atoms with Crippen LogP contribution in [0.15, 0.2) is 0 Å². The van der Waals surface area contributed by atoms with Crippen LogP contribution in [0.25, 0.3) is 0 Å². The molecule has 2 N–H and O–H groups in total. The molecule has 0 aromatic carbocycles. The molecule has 2 heterocycles. The zero-order valence-corrected chi connectivity index (χ0v) is 14.6. The van der Waals surface area contributed by atoms with Crippen LogP contribution < -0.4 is 0 Å². The fourth-order valence-corrected chi connectivity index (χ4v) is 6.30. The minimum atomic E-state index is -1.68. The number of ether oxygens (including phenoxy) is 3. The van der Waals surface area contributed by atoms with Gasteiger partial charge in [0.15, 0.2) is 0 Å². The van der Waals surface area contributed by atoms with Crippen molar-refractivity contribution in [2.75, 3.05) is 0 Å². The predicted molar refractivity (Wildman–Crippen MR) is 79.6 cm³/mol. The van der Waals surface area contributed by atoms with Gasteiger partial charge in [-0.1, -0.05) is 0 Å². The Labute approximate surface area is 144 Å². The summed E-state index contributed by atoms with van der Waals surface area (Å²) in [5.74, 6) is -1.92. The summed E-state index contributed by atoms with van der Waals surface area (Å²) >= 11 is 0. The van der Waals surface area contributed by atoms with Crippen molar-refractivity contribution in [3.63, 3.8) is 0 Å². The summed E-state index contributed by atoms with van der Waals surface area (Å²) in [6, 6.07) is 0. The molecule has 2 aliphatic carbocycles. The first-order valence-corrected chi connectivity index (χ1v) is 8.41. The van der Waals surface area contributed by atoms with Crippen LogP contribution in [0.4, 0.5) is 0 Å². The first-order valence-electron chi connectivity index (χ1n) is 8.41. The summed E-state index contributed by atoms with van der Waals surface area (Å²) in [5.41, 5.74) is -7.07. The van der Waals surface area contributed by atoms with Gasteiger partial charge in [0.25, 0.3) is 0 Å². The molecule has 138 valence electrons. The van der Waals surface area contributed by atoms with Crippen LogP contribution in [-0.4, -0.2) is 51.7 Å². The van der Waals surface area contributed by atoms with E-state index in [2.05, 4.69) is 0 Å². The Kier molecular flexibility index (Phi) is 2.80. The molecule has 0 bridgehead atoms. The third-order valence-electron chi connectivity index (χ3n) is 7.74. The lowest BCUT2D eigenvalue weighted by Crippen LogP contribution is -2.60. The van der Waals surface area contributed by atoms with Crippen molar-refractivity contribution in [3.8, 4) is 0 Å². The molecule has 0 aromatic heterocycles. The molecule has 1 spiro atoms. The Balaban J connectivity index is 2.06. The Morgan fingerprint density at radius 1 is 1.24 bits per heavy atom. The summed E-state index contributed by atoms with van der Waals surface area (Å²) in [6.45, 7) is 5.98. The van der Waals surface area contributed by atoms with Gasteiger partial charge >= 0.3 is 17.9 Å². The van der Waals surface area contributed by atoms with E-state index in [-0.39, 0.29) is 12.8 Å². The maximum absolute atomic E-state index is 12.7. The summed E-state index contributed by atoms with van der Waals surface area (Å²) in [6.07, 6.45) is -2.40. The van der Waals surface area contributed by atoms with E-state index in [4.69, 9.17) is 14.2 Å². The van der Waals surface area contributed by atoms with Crippen LogP contribution in [-0.2, 0) is 28.6 Å². The Hall–Kier alpha value is -1.67. The number of carbonyl (C=O) groups excluding carboxylic acids is 3. The Morgan fingerprint density at radius 2 is 1.88 bits per heavy atom. The summed E-state index contributed by atoms with van der Waals surface area (Å²) in [5, 5.41) is 22.4. The Morgan fingerprint density at radius 3 is 2.48 bits per heavy atom. The lowest BCUT2D eigenvalue weighted by atomic mass is 9.61. The minimum absolute atomic E-state index is 0.189. The van der Waals surface area contributed by atoms with Gasteiger partial charge in [0.2, 0.25) is 6.29 Å². The summed E-state index contributed by atoms with van der Waals surface area (Å²) < 4.78 is 16.2. The van der Waals surface area contributed by atoms with Crippen molar-refractivity contribution in [1.29, 1.82) is 0 Å². The maximum Gasteiger partial charge on any atom is 0.318 e. The molecule has 0 amide bonds. The number of hydrogen-bond donors (Lipinski definition) is 2. The van der Waals surface area contributed by atoms with Gasteiger partial charge in [0.1, 0.15) is 17.1 Å². The topological polar surface area (TPSA) is 119 Å². The molecule has 8 nitrogen and oxygen atoms in total. The minimum Gasteiger partial charge on any atom is -0.460 e. The van der Waals surface area contributed by atoms with Crippen LogP contribution in [0.1, 0.15) is 47.0 Å². The molecule has 2 saturated carbocycles. The second kappa shape index (κ2) is 4.17. The van der Waals surface area contributed by atoms with E-state index >= 15 is 0 Å². The van der Waals surface area contributed by atoms with Gasteiger partial charge in [0, 0.05) is 6.92 Å². The van der Waals surface area contributed by atoms with E-state index in [1.165, 1.54) is 13.8 Å². The van der Waals surface area contributed by atoms with Crippen molar-refractivity contribution < 1.29 is 38.8 Å². The van der Waals surface area contributed by atoms with Crippen LogP contribution in [0.5, 0.6) is 0 Å². The van der Waals surface area contributed by atoms with Gasteiger partial charge in [0.05, 0.1) is 22.9 Å². The van der Waals surface area contributed by atoms with Crippen LogP contribution in [0.3, 0.4) is 0 Å². The molecule has 25 heavy (non-hydrogen) atoms. The molecule has 0 unspecified atom stereocenters. The molecule has 4 aliphatic rings. The third kappa shape index (κ3) is 1.33. The lowest BCUT2D eigenvalue weighted by Gasteiger charge is -2.46. The molecule has 4 fully saturated rings. The van der Waals surface area contributed by atoms with Crippen molar-refractivity contribution in [2.24, 2.45) is 16.2 Å². The van der Waals surface area contributed by atoms with Crippen LogP contribution >= 0.6 is 0 Å². The van der Waals surface area contributed by atoms with Gasteiger partial charge in [-0.2, -0.15) is 0 Å². The average Bonchev–Trinajstić information content (AvgIpc) is 3.00. The molecular formula is C17H22O8. The monoisotopic (exact) mass is 354 g/mol. The highest BCUT2D eigenvalue weighted by atomic mass is 16.7. The fraction of sp³-hybridized carbons (Fsp3) is 0.824. The van der Waals surface area contributed by atoms with E-state index in [1.807, 2.05) is 0 Å². The molecule has 2 aliphatic heterocycles.